The van der Waals surface area contributed by atoms with E-state index in [1.807, 2.05) is 0 Å². The first-order chi connectivity index (χ1) is 19.1. The summed E-state index contributed by atoms with van der Waals surface area (Å²) in [5.41, 5.74) is 15.1. The van der Waals surface area contributed by atoms with E-state index in [4.69, 9.17) is 0 Å². The monoisotopic (exact) mass is 700 g/mol. The van der Waals surface area contributed by atoms with Crippen LogP contribution in [0.25, 0.3) is 0 Å². The fourth-order valence-corrected chi connectivity index (χ4v) is 21.1. The van der Waals surface area contributed by atoms with Crippen molar-refractivity contribution in [1.29, 1.82) is 0 Å². The molecule has 0 heterocycles. The average Bonchev–Trinajstić information content (AvgIpc) is 3.20. The third-order valence-corrected chi connectivity index (χ3v) is 19.9. The molecular formula is C39H51Cl3SiTi. The van der Waals surface area contributed by atoms with Crippen molar-refractivity contribution in [2.75, 3.05) is 0 Å². The van der Waals surface area contributed by atoms with Crippen molar-refractivity contribution in [3.63, 3.8) is 0 Å². The van der Waals surface area contributed by atoms with Crippen LogP contribution < -0.4 is 37.2 Å². The summed E-state index contributed by atoms with van der Waals surface area (Å²) in [4.78, 5) is 0. The largest absolute Gasteiger partial charge is 1.00 e. The number of halogens is 3. The Morgan fingerprint density at radius 1 is 0.523 bits per heavy atom. The van der Waals surface area contributed by atoms with Crippen molar-refractivity contribution in [3.8, 4) is 0 Å². The quantitative estimate of drug-likeness (QED) is 0.250. The Balaban J connectivity index is 0.00000323. The van der Waals surface area contributed by atoms with Crippen LogP contribution >= 0.6 is 0 Å². The van der Waals surface area contributed by atoms with Gasteiger partial charge in [-0.2, -0.15) is 0 Å². The number of aryl methyl sites for hydroxylation is 6. The molecule has 44 heavy (non-hydrogen) atoms. The Hall–Kier alpha value is -1.06. The first kappa shape index (κ1) is 41.0. The maximum atomic E-state index is 2.74. The molecular weight excluding hydrogens is 651 g/mol. The van der Waals surface area contributed by atoms with E-state index < -0.39 is 13.5 Å². The molecule has 1 aliphatic rings. The first-order valence-corrected chi connectivity index (χ1v) is 18.5. The van der Waals surface area contributed by atoms with E-state index in [1.165, 1.54) is 55.6 Å². The van der Waals surface area contributed by atoms with Crippen LogP contribution in [0.3, 0.4) is 0 Å². The zero-order valence-electron chi connectivity index (χ0n) is 28.8. The fourth-order valence-electron chi connectivity index (χ4n) is 9.07. The Kier molecular flexibility index (Phi) is 14.2. The van der Waals surface area contributed by atoms with Gasteiger partial charge in [-0.25, -0.2) is 0 Å². The number of hydrogen-bond acceptors (Lipinski definition) is 0. The van der Waals surface area contributed by atoms with Crippen LogP contribution in [0.4, 0.5) is 0 Å². The second kappa shape index (κ2) is 15.2. The molecule has 0 bridgehead atoms. The zero-order valence-corrected chi connectivity index (χ0v) is 33.6. The molecule has 4 rings (SSSR count). The molecule has 0 aliphatic heterocycles. The van der Waals surface area contributed by atoms with Gasteiger partial charge in [0, 0.05) is 0 Å². The van der Waals surface area contributed by atoms with E-state index >= 15 is 0 Å². The number of allylic oxidation sites excluding steroid dienone is 4. The van der Waals surface area contributed by atoms with Crippen LogP contribution in [0, 0.1) is 41.5 Å². The van der Waals surface area contributed by atoms with E-state index in [0.717, 1.165) is 0 Å². The topological polar surface area (TPSA) is 0 Å². The fraction of sp³-hybridized carbons (Fsp3) is 0.436. The van der Waals surface area contributed by atoms with Crippen LogP contribution in [-0.2, 0) is 25.9 Å². The SMILES string of the molecule is Cc1cc(C)cc(C(C2=C[C]([Ti+3])([Si](C(C)C)(C(C)C)C(C)C)C=C2)(c2cc(C)cc(C)c2)c2cc(C)cc(C)c2)c1.[Cl-].[Cl-].[Cl-]. The van der Waals surface area contributed by atoms with Gasteiger partial charge in [0.2, 0.25) is 0 Å². The molecule has 0 radical (unpaired) electrons. The summed E-state index contributed by atoms with van der Waals surface area (Å²) in [6.45, 7) is 28.5. The third-order valence-electron chi connectivity index (χ3n) is 9.89. The van der Waals surface area contributed by atoms with Gasteiger partial charge >= 0.3 is 265 Å². The van der Waals surface area contributed by atoms with Gasteiger partial charge in [0.05, 0.1) is 0 Å². The summed E-state index contributed by atoms with van der Waals surface area (Å²) in [5, 5.41) is 0. The predicted molar refractivity (Wildman–Crippen MR) is 179 cm³/mol. The Morgan fingerprint density at radius 3 is 1.05 bits per heavy atom. The van der Waals surface area contributed by atoms with Crippen molar-refractivity contribution in [2.24, 2.45) is 0 Å². The van der Waals surface area contributed by atoms with Crippen LogP contribution in [0.15, 0.2) is 78.4 Å². The number of benzene rings is 3. The van der Waals surface area contributed by atoms with Crippen molar-refractivity contribution >= 4 is 8.07 Å². The van der Waals surface area contributed by atoms with Gasteiger partial charge in [-0.3, -0.25) is 0 Å². The van der Waals surface area contributed by atoms with E-state index in [9.17, 15) is 0 Å². The Morgan fingerprint density at radius 2 is 0.795 bits per heavy atom. The van der Waals surface area contributed by atoms with Crippen LogP contribution in [0.5, 0.6) is 0 Å². The van der Waals surface area contributed by atoms with Crippen LogP contribution in [0.1, 0.15) is 91.6 Å². The summed E-state index contributed by atoms with van der Waals surface area (Å²) in [6.07, 6.45) is 7.89. The Bertz CT molecular complexity index is 1310. The van der Waals surface area contributed by atoms with Crippen molar-refractivity contribution in [3.05, 3.63) is 128 Å². The van der Waals surface area contributed by atoms with Gasteiger partial charge in [-0.1, -0.05) is 0 Å². The minimum absolute atomic E-state index is 0. The molecule has 0 N–H and O–H groups in total. The molecule has 1 aliphatic carbocycles. The molecule has 0 aromatic heterocycles. The van der Waals surface area contributed by atoms with Crippen molar-refractivity contribution in [1.82, 2.24) is 0 Å². The molecule has 1 unspecified atom stereocenters. The molecule has 0 saturated heterocycles. The average molecular weight is 702 g/mol. The van der Waals surface area contributed by atoms with Crippen molar-refractivity contribution in [2.45, 2.75) is 108 Å². The molecule has 1 atom stereocenters. The third kappa shape index (κ3) is 6.95. The minimum Gasteiger partial charge on any atom is -1.00 e. The summed E-state index contributed by atoms with van der Waals surface area (Å²) < 4.78 is 0.0562. The summed E-state index contributed by atoms with van der Waals surface area (Å²) in [7, 11) is -1.87. The standard InChI is InChI=1S/C39H51Si.3ClH.Ti/c1-25(2)40(26(3)4,27(5)6)38-14-13-34(24-38)39(35-18-28(7)15-29(8)19-35,36-20-30(9)16-31(10)21-36)37-22-32(11)17-33(12)23-37;;;;/h13-27H,1-12H3;3*1H;/q;;;;+3/p-3. The zero-order chi connectivity index (χ0) is 30.5. The number of rotatable bonds is 8. The smallest absolute Gasteiger partial charge is 1.00 e. The maximum Gasteiger partial charge on any atom is -1.00 e. The van der Waals surface area contributed by atoms with Gasteiger partial charge in [-0.15, -0.1) is 0 Å². The molecule has 0 fully saturated rings. The second-order valence-electron chi connectivity index (χ2n) is 14.1. The molecule has 0 nitrogen and oxygen atoms in total. The van der Waals surface area contributed by atoms with Gasteiger partial charge < -0.3 is 37.2 Å². The van der Waals surface area contributed by atoms with E-state index in [1.54, 1.807) is 0 Å². The normalized spacial score (nSPS) is 16.5. The van der Waals surface area contributed by atoms with Crippen molar-refractivity contribution < 1.29 is 57.7 Å². The molecule has 3 aromatic carbocycles. The molecule has 236 valence electrons. The van der Waals surface area contributed by atoms with E-state index in [0.29, 0.717) is 16.6 Å². The summed E-state index contributed by atoms with van der Waals surface area (Å²) in [5.74, 6) is 0. The molecule has 0 saturated carbocycles. The van der Waals surface area contributed by atoms with Crippen LogP contribution in [-0.4, -0.2) is 8.07 Å². The molecule has 5 heteroatoms. The number of hydrogen-bond donors (Lipinski definition) is 0. The second-order valence-corrected chi connectivity index (χ2v) is 22.3. The molecule has 0 spiro atoms. The van der Waals surface area contributed by atoms with E-state index in [-0.39, 0.29) is 40.6 Å². The van der Waals surface area contributed by atoms with E-state index in [2.05, 4.69) is 176 Å². The van der Waals surface area contributed by atoms with Gasteiger partial charge in [0.1, 0.15) is 0 Å². The Labute approximate surface area is 300 Å². The van der Waals surface area contributed by atoms with Gasteiger partial charge in [0.25, 0.3) is 0 Å². The summed E-state index contributed by atoms with van der Waals surface area (Å²) in [6, 6.07) is 21.6. The van der Waals surface area contributed by atoms with Gasteiger partial charge in [-0.05, 0) is 0 Å². The van der Waals surface area contributed by atoms with Crippen LogP contribution in [0.2, 0.25) is 20.0 Å². The predicted octanol–water partition coefficient (Wildman–Crippen LogP) is 2.30. The summed E-state index contributed by atoms with van der Waals surface area (Å²) >= 11 is 2.57. The first-order valence-electron chi connectivity index (χ1n) is 15.5. The van der Waals surface area contributed by atoms with Gasteiger partial charge in [0.15, 0.2) is 0 Å². The molecule has 0 amide bonds. The minimum atomic E-state index is -1.87. The molecule has 3 aromatic rings. The maximum absolute atomic E-state index is 2.74.